The van der Waals surface area contributed by atoms with Crippen molar-refractivity contribution < 1.29 is 17.7 Å². The summed E-state index contributed by atoms with van der Waals surface area (Å²) in [6.07, 6.45) is -4.40. The van der Waals surface area contributed by atoms with E-state index in [9.17, 15) is 13.2 Å². The summed E-state index contributed by atoms with van der Waals surface area (Å²) in [5, 5.41) is 3.26. The Balaban J connectivity index is 2.15. The number of hydrogen-bond donors (Lipinski definition) is 0. The molecular formula is C10H6F3N2O. The van der Waals surface area contributed by atoms with Crippen LogP contribution in [0, 0.1) is 6.07 Å². The van der Waals surface area contributed by atoms with Gasteiger partial charge in [-0.15, -0.1) is 0 Å². The van der Waals surface area contributed by atoms with Gasteiger partial charge in [0.05, 0.1) is 0 Å². The van der Waals surface area contributed by atoms with Crippen LogP contribution in [0.15, 0.2) is 28.8 Å². The third kappa shape index (κ3) is 2.39. The van der Waals surface area contributed by atoms with Crippen molar-refractivity contribution in [2.75, 3.05) is 0 Å². The molecule has 0 saturated carbocycles. The van der Waals surface area contributed by atoms with Gasteiger partial charge in [0.15, 0.2) is 5.82 Å². The van der Waals surface area contributed by atoms with Gasteiger partial charge in [-0.25, -0.2) is 0 Å². The third-order valence-corrected chi connectivity index (χ3v) is 1.84. The van der Waals surface area contributed by atoms with Gasteiger partial charge in [-0.2, -0.15) is 18.2 Å². The summed E-state index contributed by atoms with van der Waals surface area (Å²) >= 11 is 0. The molecule has 2 aromatic rings. The van der Waals surface area contributed by atoms with Crippen LogP contribution in [0.2, 0.25) is 0 Å². The SMILES string of the molecule is FC(F)(F)c1nc(Cc2c[c]ccc2)no1. The normalized spacial score (nSPS) is 11.7. The standard InChI is InChI=1S/C10H6F3N2O/c11-10(12,13)9-14-8(15-16-9)6-7-4-2-1-3-5-7/h1-2,4-5H,6H2. The highest BCUT2D eigenvalue weighted by Crippen LogP contribution is 2.27. The zero-order valence-corrected chi connectivity index (χ0v) is 7.95. The van der Waals surface area contributed by atoms with Crippen LogP contribution in [0.5, 0.6) is 0 Å². The molecule has 0 bridgehead atoms. The smallest absolute Gasteiger partial charge is 0.329 e. The summed E-state index contributed by atoms with van der Waals surface area (Å²) in [6.45, 7) is 0. The molecule has 1 heterocycles. The highest BCUT2D eigenvalue weighted by atomic mass is 19.4. The fourth-order valence-electron chi connectivity index (χ4n) is 1.16. The molecule has 0 N–H and O–H groups in total. The molecule has 0 aliphatic rings. The maximum atomic E-state index is 12.1. The van der Waals surface area contributed by atoms with Gasteiger partial charge in [-0.3, -0.25) is 0 Å². The molecule has 83 valence electrons. The Kier molecular flexibility index (Phi) is 2.64. The molecule has 0 amide bonds. The number of benzene rings is 1. The first-order valence-corrected chi connectivity index (χ1v) is 4.40. The summed E-state index contributed by atoms with van der Waals surface area (Å²) in [5.41, 5.74) is 0.775. The lowest BCUT2D eigenvalue weighted by molar-refractivity contribution is -0.159. The largest absolute Gasteiger partial charge is 0.471 e. The first-order valence-electron chi connectivity index (χ1n) is 4.40. The maximum Gasteiger partial charge on any atom is 0.471 e. The fraction of sp³-hybridized carbons (Fsp3) is 0.200. The summed E-state index contributed by atoms with van der Waals surface area (Å²) in [5.74, 6) is -1.31. The minimum atomic E-state index is -4.59. The minimum Gasteiger partial charge on any atom is -0.329 e. The molecule has 2 rings (SSSR count). The lowest BCUT2D eigenvalue weighted by Crippen LogP contribution is -2.05. The van der Waals surface area contributed by atoms with Crippen molar-refractivity contribution in [2.24, 2.45) is 0 Å². The number of halogens is 3. The maximum absolute atomic E-state index is 12.1. The van der Waals surface area contributed by atoms with Gasteiger partial charge in [0.2, 0.25) is 0 Å². The lowest BCUT2D eigenvalue weighted by atomic mass is 10.1. The second-order valence-corrected chi connectivity index (χ2v) is 3.10. The van der Waals surface area contributed by atoms with Crippen molar-refractivity contribution in [1.82, 2.24) is 10.1 Å². The minimum absolute atomic E-state index is 0.00641. The monoisotopic (exact) mass is 227 g/mol. The zero-order valence-electron chi connectivity index (χ0n) is 7.95. The van der Waals surface area contributed by atoms with E-state index in [2.05, 4.69) is 20.7 Å². The van der Waals surface area contributed by atoms with Crippen LogP contribution in [0.25, 0.3) is 0 Å². The first kappa shape index (κ1) is 10.7. The quantitative estimate of drug-likeness (QED) is 0.791. The van der Waals surface area contributed by atoms with E-state index in [1.165, 1.54) is 0 Å². The average molecular weight is 227 g/mol. The molecule has 1 aromatic heterocycles. The van der Waals surface area contributed by atoms with Crippen LogP contribution >= 0.6 is 0 Å². The molecule has 0 saturated heterocycles. The van der Waals surface area contributed by atoms with E-state index >= 15 is 0 Å². The van der Waals surface area contributed by atoms with Crippen LogP contribution < -0.4 is 0 Å². The van der Waals surface area contributed by atoms with E-state index in [0.717, 1.165) is 5.56 Å². The summed E-state index contributed by atoms with van der Waals surface area (Å²) in [4.78, 5) is 3.26. The molecule has 1 aromatic carbocycles. The molecule has 0 unspecified atom stereocenters. The molecular weight excluding hydrogens is 221 g/mol. The number of aromatic nitrogens is 2. The average Bonchev–Trinajstić information content (AvgIpc) is 2.67. The molecule has 0 spiro atoms. The van der Waals surface area contributed by atoms with Gasteiger partial charge in [0.1, 0.15) is 0 Å². The number of alkyl halides is 3. The molecule has 0 atom stereocenters. The van der Waals surface area contributed by atoms with Gasteiger partial charge in [-0.1, -0.05) is 29.4 Å². The van der Waals surface area contributed by atoms with Gasteiger partial charge in [0, 0.05) is 6.42 Å². The first-order chi connectivity index (χ1) is 7.55. The Morgan fingerprint density at radius 2 is 2.19 bits per heavy atom. The summed E-state index contributed by atoms with van der Waals surface area (Å²) < 4.78 is 40.5. The van der Waals surface area contributed by atoms with Crippen LogP contribution in [0.3, 0.4) is 0 Å². The molecule has 6 heteroatoms. The zero-order chi connectivity index (χ0) is 11.6. The number of nitrogens with zero attached hydrogens (tertiary/aromatic N) is 2. The van der Waals surface area contributed by atoms with Crippen LogP contribution in [-0.2, 0) is 12.6 Å². The topological polar surface area (TPSA) is 38.9 Å². The van der Waals surface area contributed by atoms with Crippen LogP contribution in [0.1, 0.15) is 17.3 Å². The van der Waals surface area contributed by atoms with Crippen molar-refractivity contribution in [3.63, 3.8) is 0 Å². The fourth-order valence-corrected chi connectivity index (χ4v) is 1.16. The van der Waals surface area contributed by atoms with Gasteiger partial charge >= 0.3 is 12.1 Å². The summed E-state index contributed by atoms with van der Waals surface area (Å²) in [7, 11) is 0. The van der Waals surface area contributed by atoms with Gasteiger partial charge in [0.25, 0.3) is 0 Å². The summed E-state index contributed by atoms with van der Waals surface area (Å²) in [6, 6.07) is 9.65. The molecule has 0 fully saturated rings. The van der Waals surface area contributed by atoms with E-state index in [4.69, 9.17) is 0 Å². The Bertz CT molecular complexity index is 464. The second-order valence-electron chi connectivity index (χ2n) is 3.10. The van der Waals surface area contributed by atoms with E-state index < -0.39 is 12.1 Å². The van der Waals surface area contributed by atoms with E-state index in [1.54, 1.807) is 24.3 Å². The molecule has 0 aliphatic carbocycles. The highest BCUT2D eigenvalue weighted by Gasteiger charge is 2.38. The van der Waals surface area contributed by atoms with Crippen molar-refractivity contribution in [1.29, 1.82) is 0 Å². The molecule has 3 nitrogen and oxygen atoms in total. The Labute approximate surface area is 88.9 Å². The predicted octanol–water partition coefficient (Wildman–Crippen LogP) is 2.48. The van der Waals surface area contributed by atoms with E-state index in [0.29, 0.717) is 0 Å². The molecule has 1 radical (unpaired) electrons. The third-order valence-electron chi connectivity index (χ3n) is 1.84. The van der Waals surface area contributed by atoms with Gasteiger partial charge in [-0.05, 0) is 11.6 Å². The van der Waals surface area contributed by atoms with Crippen molar-refractivity contribution in [2.45, 2.75) is 12.6 Å². The highest BCUT2D eigenvalue weighted by molar-refractivity contribution is 5.17. The number of hydrogen-bond acceptors (Lipinski definition) is 3. The molecule has 16 heavy (non-hydrogen) atoms. The Hall–Kier alpha value is -1.85. The molecule has 0 aliphatic heterocycles. The van der Waals surface area contributed by atoms with Crippen LogP contribution in [-0.4, -0.2) is 10.1 Å². The number of rotatable bonds is 2. The Morgan fingerprint density at radius 3 is 2.75 bits per heavy atom. The van der Waals surface area contributed by atoms with Crippen LogP contribution in [0.4, 0.5) is 13.2 Å². The van der Waals surface area contributed by atoms with Gasteiger partial charge < -0.3 is 4.52 Å². The van der Waals surface area contributed by atoms with E-state index in [-0.39, 0.29) is 12.2 Å². The van der Waals surface area contributed by atoms with Crippen molar-refractivity contribution in [3.05, 3.63) is 47.6 Å². The Morgan fingerprint density at radius 1 is 1.38 bits per heavy atom. The van der Waals surface area contributed by atoms with Crippen molar-refractivity contribution >= 4 is 0 Å². The van der Waals surface area contributed by atoms with Crippen molar-refractivity contribution in [3.8, 4) is 0 Å². The lowest BCUT2D eigenvalue weighted by Gasteiger charge is -1.96. The second kappa shape index (κ2) is 3.96. The van der Waals surface area contributed by atoms with E-state index in [1.807, 2.05) is 0 Å². The predicted molar refractivity (Wildman–Crippen MR) is 47.4 cm³/mol.